The van der Waals surface area contributed by atoms with Crippen molar-refractivity contribution in [2.24, 2.45) is 0 Å². The molecule has 2 aromatic rings. The molecular formula is C16H18Cl6N3O3PS2. The van der Waals surface area contributed by atoms with Gasteiger partial charge in [0.15, 0.2) is 0 Å². The molecule has 1 heterocycles. The van der Waals surface area contributed by atoms with Crippen LogP contribution in [0.1, 0.15) is 0 Å². The van der Waals surface area contributed by atoms with Gasteiger partial charge in [0.25, 0.3) is 5.56 Å². The van der Waals surface area contributed by atoms with E-state index in [4.69, 9.17) is 90.5 Å². The van der Waals surface area contributed by atoms with Crippen molar-refractivity contribution in [2.45, 2.75) is 38.1 Å². The molecule has 0 amide bonds. The molecule has 31 heavy (non-hydrogen) atoms. The van der Waals surface area contributed by atoms with Crippen LogP contribution in [0.4, 0.5) is 0 Å². The Morgan fingerprint density at radius 3 is 1.87 bits per heavy atom. The third kappa shape index (κ3) is 6.98. The fourth-order valence-corrected chi connectivity index (χ4v) is 7.38. The molecule has 1 aliphatic rings. The zero-order chi connectivity index (χ0) is 23.3. The summed E-state index contributed by atoms with van der Waals surface area (Å²) in [6.45, 7) is 0. The van der Waals surface area contributed by atoms with Gasteiger partial charge in [-0.05, 0) is 35.3 Å². The Balaban J connectivity index is 0.000000245. The van der Waals surface area contributed by atoms with E-state index in [1.54, 1.807) is 18.2 Å². The average molecular weight is 608 g/mol. The maximum atomic E-state index is 12.2. The van der Waals surface area contributed by atoms with Gasteiger partial charge in [-0.1, -0.05) is 17.3 Å². The lowest BCUT2D eigenvalue weighted by atomic mass is 9.97. The van der Waals surface area contributed by atoms with Crippen LogP contribution in [0.25, 0.3) is 10.9 Å². The van der Waals surface area contributed by atoms with Gasteiger partial charge >= 0.3 is 0 Å². The Labute approximate surface area is 219 Å². The minimum Gasteiger partial charge on any atom is -0.325 e. The fraction of sp³-hybridized carbons (Fsp3) is 0.562. The highest BCUT2D eigenvalue weighted by Gasteiger charge is 2.46. The Kier molecular flexibility index (Phi) is 11.5. The summed E-state index contributed by atoms with van der Waals surface area (Å²) < 4.78 is 11.5. The molecule has 0 aliphatic heterocycles. The van der Waals surface area contributed by atoms with Gasteiger partial charge in [-0.25, -0.2) is 0 Å². The molecule has 0 unspecified atom stereocenters. The van der Waals surface area contributed by atoms with Crippen molar-refractivity contribution in [1.29, 1.82) is 0 Å². The molecule has 0 bridgehead atoms. The standard InChI is InChI=1S/C10H12N3O3PS2.C6H6Cl6/c1-15-17(18,16-2)19-7-13-10(14)8-5-3-4-6-9(8)11-12-13;7-1-2(8)4(10)6(12)5(11)3(1)9/h3-6H,7H2,1-2H3;1-6H. The van der Waals surface area contributed by atoms with E-state index in [0.717, 1.165) is 0 Å². The first kappa shape index (κ1) is 28.2. The number of nitrogens with zero attached hydrogens (tertiary/aromatic N) is 3. The van der Waals surface area contributed by atoms with E-state index in [1.165, 1.54) is 30.3 Å². The normalized spacial score (nSPS) is 28.8. The molecule has 174 valence electrons. The summed E-state index contributed by atoms with van der Waals surface area (Å²) in [6, 6.07) is 7.06. The summed E-state index contributed by atoms with van der Waals surface area (Å²) in [6.07, 6.45) is 0. The first-order chi connectivity index (χ1) is 14.6. The van der Waals surface area contributed by atoms with Crippen molar-refractivity contribution in [1.82, 2.24) is 15.0 Å². The van der Waals surface area contributed by atoms with E-state index in [9.17, 15) is 4.79 Å². The number of alkyl halides is 6. The lowest BCUT2D eigenvalue weighted by molar-refractivity contribution is 0.353. The van der Waals surface area contributed by atoms with Crippen molar-refractivity contribution in [3.8, 4) is 0 Å². The third-order valence-electron chi connectivity index (χ3n) is 4.24. The van der Waals surface area contributed by atoms with Crippen LogP contribution < -0.4 is 5.56 Å². The van der Waals surface area contributed by atoms with Gasteiger partial charge in [-0.2, -0.15) is 4.68 Å². The summed E-state index contributed by atoms with van der Waals surface area (Å²) in [7, 11) is 2.98. The maximum Gasteiger partial charge on any atom is 0.278 e. The number of fused-ring (bicyclic) bond motifs is 1. The fourth-order valence-electron chi connectivity index (χ4n) is 2.47. The third-order valence-corrected chi connectivity index (χ3v) is 13.9. The molecule has 15 heteroatoms. The predicted molar refractivity (Wildman–Crippen MR) is 138 cm³/mol. The van der Waals surface area contributed by atoms with E-state index >= 15 is 0 Å². The zero-order valence-electron chi connectivity index (χ0n) is 16.1. The molecule has 1 aromatic carbocycles. The molecular weight excluding hydrogens is 590 g/mol. The largest absolute Gasteiger partial charge is 0.325 e. The van der Waals surface area contributed by atoms with Crippen molar-refractivity contribution in [3.05, 3.63) is 34.6 Å². The Bertz CT molecular complexity index is 922. The first-order valence-corrected chi connectivity index (χ1v) is 15.4. The smallest absolute Gasteiger partial charge is 0.278 e. The Hall–Kier alpha value is 0.950. The summed E-state index contributed by atoms with van der Waals surface area (Å²) >= 11 is 41.7. The minimum atomic E-state index is -2.40. The Morgan fingerprint density at radius 1 is 0.968 bits per heavy atom. The van der Waals surface area contributed by atoms with Gasteiger partial charge in [0.05, 0.1) is 37.6 Å². The number of aromatic nitrogens is 3. The second-order valence-corrected chi connectivity index (χ2v) is 15.7. The lowest BCUT2D eigenvalue weighted by Gasteiger charge is -2.37. The highest BCUT2D eigenvalue weighted by Crippen LogP contribution is 2.60. The summed E-state index contributed by atoms with van der Waals surface area (Å²) in [5, 5.41) is 5.77. The molecule has 1 saturated carbocycles. The molecule has 0 N–H and O–H groups in total. The second-order valence-electron chi connectivity index (χ2n) is 6.15. The van der Waals surface area contributed by atoms with Crippen LogP contribution in [0, 0.1) is 0 Å². The van der Waals surface area contributed by atoms with E-state index in [0.29, 0.717) is 10.9 Å². The molecule has 0 atom stereocenters. The van der Waals surface area contributed by atoms with Gasteiger partial charge < -0.3 is 9.05 Å². The predicted octanol–water partition coefficient (Wildman–Crippen LogP) is 5.64. The van der Waals surface area contributed by atoms with Gasteiger partial charge in [-0.3, -0.25) is 4.79 Å². The van der Waals surface area contributed by atoms with Crippen LogP contribution in [-0.2, 0) is 26.7 Å². The highest BCUT2D eigenvalue weighted by molar-refractivity contribution is 8.67. The van der Waals surface area contributed by atoms with E-state index in [-0.39, 0.29) is 11.4 Å². The van der Waals surface area contributed by atoms with E-state index in [1.807, 2.05) is 6.07 Å². The SMILES string of the molecule is COP(=S)(OC)SCn1nnc2ccccc2c1=O.ClC1C(Cl)C(Cl)C(Cl)C(Cl)C1Cl. The number of benzene rings is 1. The number of rotatable bonds is 5. The van der Waals surface area contributed by atoms with Gasteiger partial charge in [-0.15, -0.1) is 74.7 Å². The van der Waals surface area contributed by atoms with Gasteiger partial charge in [0, 0.05) is 14.2 Å². The zero-order valence-corrected chi connectivity index (χ0v) is 23.1. The van der Waals surface area contributed by atoms with Gasteiger partial charge in [0.1, 0.15) is 11.4 Å². The summed E-state index contributed by atoms with van der Waals surface area (Å²) in [5.41, 5.74) is -2.03. The van der Waals surface area contributed by atoms with Crippen LogP contribution in [0.5, 0.6) is 0 Å². The number of hydrogen-bond donors (Lipinski definition) is 0. The number of halogens is 6. The van der Waals surface area contributed by atoms with Crippen LogP contribution in [0.3, 0.4) is 0 Å². The van der Waals surface area contributed by atoms with Crippen molar-refractivity contribution < 1.29 is 9.05 Å². The molecule has 3 rings (SSSR count). The van der Waals surface area contributed by atoms with E-state index < -0.39 is 38.0 Å². The Morgan fingerprint density at radius 2 is 1.42 bits per heavy atom. The van der Waals surface area contributed by atoms with Crippen LogP contribution >= 0.6 is 86.7 Å². The monoisotopic (exact) mass is 605 g/mol. The van der Waals surface area contributed by atoms with E-state index in [2.05, 4.69) is 10.3 Å². The molecule has 1 fully saturated rings. The molecule has 0 saturated heterocycles. The topological polar surface area (TPSA) is 66.2 Å². The van der Waals surface area contributed by atoms with Gasteiger partial charge in [0.2, 0.25) is 5.69 Å². The first-order valence-electron chi connectivity index (χ1n) is 8.59. The quantitative estimate of drug-likeness (QED) is 0.322. The summed E-state index contributed by atoms with van der Waals surface area (Å²) in [4.78, 5) is 12.2. The second kappa shape index (κ2) is 12.6. The summed E-state index contributed by atoms with van der Waals surface area (Å²) in [5.74, 6) is 0.246. The van der Waals surface area contributed by atoms with Crippen LogP contribution in [-0.4, -0.2) is 61.5 Å². The van der Waals surface area contributed by atoms with Crippen molar-refractivity contribution in [3.63, 3.8) is 0 Å². The lowest BCUT2D eigenvalue weighted by Crippen LogP contribution is -2.52. The molecule has 0 spiro atoms. The molecule has 1 aliphatic carbocycles. The van der Waals surface area contributed by atoms with Crippen molar-refractivity contribution in [2.75, 3.05) is 14.2 Å². The van der Waals surface area contributed by atoms with Crippen LogP contribution in [0.15, 0.2) is 29.1 Å². The highest BCUT2D eigenvalue weighted by atomic mass is 35.5. The minimum absolute atomic E-state index is 0.202. The number of hydrogen-bond acceptors (Lipinski definition) is 7. The van der Waals surface area contributed by atoms with Crippen LogP contribution in [0.2, 0.25) is 0 Å². The average Bonchev–Trinajstić information content (AvgIpc) is 2.80. The maximum absolute atomic E-state index is 12.2. The molecule has 1 aromatic heterocycles. The molecule has 6 nitrogen and oxygen atoms in total. The van der Waals surface area contributed by atoms with Crippen molar-refractivity contribution >= 4 is 109 Å². The molecule has 0 radical (unpaired) electrons.